The van der Waals surface area contributed by atoms with Gasteiger partial charge in [0.2, 0.25) is 0 Å². The summed E-state index contributed by atoms with van der Waals surface area (Å²) in [6.45, 7) is 5.11. The van der Waals surface area contributed by atoms with Gasteiger partial charge in [-0.25, -0.2) is 9.50 Å². The minimum Gasteiger partial charge on any atom is -0.455 e. The second-order valence-corrected chi connectivity index (χ2v) is 10.0. The van der Waals surface area contributed by atoms with E-state index in [1.807, 2.05) is 0 Å². The SMILES string of the molecule is CC(C)(C)c1cc(C(F)(F)F)n2nc(C(=O)Nc3cc(Oc4ccc(Cl)cc4Cl)cc([N+](=O)[O-])c3)cc2n1. The molecule has 2 aromatic heterocycles. The highest BCUT2D eigenvalue weighted by molar-refractivity contribution is 6.35. The summed E-state index contributed by atoms with van der Waals surface area (Å²) in [5.41, 5.74) is -2.71. The van der Waals surface area contributed by atoms with Crippen LogP contribution < -0.4 is 10.1 Å². The summed E-state index contributed by atoms with van der Waals surface area (Å²) in [6.07, 6.45) is -4.77. The number of amides is 1. The van der Waals surface area contributed by atoms with Gasteiger partial charge in [-0.05, 0) is 24.3 Å². The lowest BCUT2D eigenvalue weighted by Crippen LogP contribution is -2.20. The number of nitro benzene ring substituents is 1. The van der Waals surface area contributed by atoms with Gasteiger partial charge in [-0.1, -0.05) is 44.0 Å². The van der Waals surface area contributed by atoms with E-state index >= 15 is 0 Å². The molecule has 1 amide bonds. The average Bonchev–Trinajstić information content (AvgIpc) is 3.23. The van der Waals surface area contributed by atoms with E-state index in [0.29, 0.717) is 9.54 Å². The van der Waals surface area contributed by atoms with Crippen molar-refractivity contribution in [2.45, 2.75) is 32.4 Å². The molecule has 0 aliphatic carbocycles. The molecule has 0 saturated heterocycles. The van der Waals surface area contributed by atoms with Gasteiger partial charge in [-0.2, -0.15) is 18.3 Å². The molecule has 9 nitrogen and oxygen atoms in total. The van der Waals surface area contributed by atoms with Crippen molar-refractivity contribution in [3.63, 3.8) is 0 Å². The fourth-order valence-electron chi connectivity index (χ4n) is 3.37. The molecular formula is C24H18Cl2F3N5O4. The predicted octanol–water partition coefficient (Wildman–Crippen LogP) is 7.31. The normalized spacial score (nSPS) is 12.0. The Morgan fingerprint density at radius 2 is 1.79 bits per heavy atom. The summed E-state index contributed by atoms with van der Waals surface area (Å²) in [5.74, 6) is -0.809. The van der Waals surface area contributed by atoms with Crippen LogP contribution in [0, 0.1) is 10.1 Å². The third kappa shape index (κ3) is 5.81. The first-order valence-electron chi connectivity index (χ1n) is 10.8. The highest BCUT2D eigenvalue weighted by Crippen LogP contribution is 2.35. The van der Waals surface area contributed by atoms with Crippen molar-refractivity contribution < 1.29 is 27.6 Å². The summed E-state index contributed by atoms with van der Waals surface area (Å²) in [5, 5.41) is 18.1. The number of rotatable bonds is 5. The lowest BCUT2D eigenvalue weighted by Gasteiger charge is -2.19. The van der Waals surface area contributed by atoms with Crippen LogP contribution in [0.25, 0.3) is 5.65 Å². The molecule has 38 heavy (non-hydrogen) atoms. The zero-order chi connectivity index (χ0) is 28.0. The molecule has 0 saturated carbocycles. The number of alkyl halides is 3. The van der Waals surface area contributed by atoms with Crippen LogP contribution in [-0.2, 0) is 11.6 Å². The fourth-order valence-corrected chi connectivity index (χ4v) is 3.82. The van der Waals surface area contributed by atoms with Crippen molar-refractivity contribution in [2.24, 2.45) is 0 Å². The van der Waals surface area contributed by atoms with E-state index in [1.165, 1.54) is 24.3 Å². The first kappa shape index (κ1) is 27.1. The minimum atomic E-state index is -4.77. The van der Waals surface area contributed by atoms with Crippen LogP contribution in [0.3, 0.4) is 0 Å². The third-order valence-corrected chi connectivity index (χ3v) is 5.73. The molecule has 4 rings (SSSR count). The number of aromatic nitrogens is 3. The molecule has 0 unspecified atom stereocenters. The Morgan fingerprint density at radius 1 is 1.08 bits per heavy atom. The maximum absolute atomic E-state index is 13.8. The molecule has 0 radical (unpaired) electrons. The van der Waals surface area contributed by atoms with Crippen molar-refractivity contribution in [3.8, 4) is 11.5 Å². The van der Waals surface area contributed by atoms with Crippen LogP contribution in [-0.4, -0.2) is 25.4 Å². The highest BCUT2D eigenvalue weighted by atomic mass is 35.5. The Bertz CT molecular complexity index is 1580. The van der Waals surface area contributed by atoms with Gasteiger partial charge in [0.15, 0.2) is 11.3 Å². The van der Waals surface area contributed by atoms with E-state index in [0.717, 1.165) is 24.3 Å². The van der Waals surface area contributed by atoms with Gasteiger partial charge in [0, 0.05) is 28.6 Å². The number of nitrogens with zero attached hydrogens (tertiary/aromatic N) is 4. The highest BCUT2D eigenvalue weighted by Gasteiger charge is 2.36. The smallest absolute Gasteiger partial charge is 0.433 e. The molecule has 0 aliphatic rings. The van der Waals surface area contributed by atoms with Crippen LogP contribution in [0.5, 0.6) is 11.5 Å². The van der Waals surface area contributed by atoms with Crippen LogP contribution in [0.2, 0.25) is 10.0 Å². The van der Waals surface area contributed by atoms with Crippen molar-refractivity contribution in [1.29, 1.82) is 0 Å². The number of hydrogen-bond donors (Lipinski definition) is 1. The number of non-ortho nitro benzene ring substituents is 1. The van der Waals surface area contributed by atoms with Crippen LogP contribution in [0.1, 0.15) is 42.6 Å². The molecule has 0 fully saturated rings. The summed E-state index contributed by atoms with van der Waals surface area (Å²) in [4.78, 5) is 27.9. The number of halogens is 5. The number of fused-ring (bicyclic) bond motifs is 1. The quantitative estimate of drug-likeness (QED) is 0.200. The van der Waals surface area contributed by atoms with Crippen molar-refractivity contribution in [1.82, 2.24) is 14.6 Å². The Hall–Kier alpha value is -3.90. The molecule has 1 N–H and O–H groups in total. The third-order valence-electron chi connectivity index (χ3n) is 5.20. The van der Waals surface area contributed by atoms with Crippen LogP contribution in [0.4, 0.5) is 24.5 Å². The molecule has 4 aromatic rings. The molecule has 14 heteroatoms. The Kier molecular flexibility index (Phi) is 6.97. The number of nitro groups is 1. The number of anilines is 1. The molecule has 0 atom stereocenters. The van der Waals surface area contributed by atoms with Gasteiger partial charge in [0.1, 0.15) is 17.2 Å². The lowest BCUT2D eigenvalue weighted by molar-refractivity contribution is -0.384. The lowest BCUT2D eigenvalue weighted by atomic mass is 9.91. The van der Waals surface area contributed by atoms with Gasteiger partial charge < -0.3 is 10.1 Å². The van der Waals surface area contributed by atoms with Crippen LogP contribution in [0.15, 0.2) is 48.5 Å². The topological polar surface area (TPSA) is 112 Å². The zero-order valence-corrected chi connectivity index (χ0v) is 21.4. The van der Waals surface area contributed by atoms with Crippen LogP contribution >= 0.6 is 23.2 Å². The average molecular weight is 568 g/mol. The molecule has 0 bridgehead atoms. The number of ether oxygens (including phenoxy) is 1. The predicted molar refractivity (Wildman–Crippen MR) is 134 cm³/mol. The second-order valence-electron chi connectivity index (χ2n) is 9.18. The van der Waals surface area contributed by atoms with E-state index < -0.39 is 33.8 Å². The zero-order valence-electron chi connectivity index (χ0n) is 19.9. The van der Waals surface area contributed by atoms with Gasteiger partial charge >= 0.3 is 6.18 Å². The number of carbonyl (C=O) groups excluding carboxylic acids is 1. The van der Waals surface area contributed by atoms with E-state index in [9.17, 15) is 28.1 Å². The maximum Gasteiger partial charge on any atom is 0.433 e. The standard InChI is InChI=1S/C24H18Cl2F3N5O4/c1-23(2,3)19-11-20(24(27,28)29)33-21(31-19)10-17(32-33)22(35)30-13-7-14(34(36)37)9-15(8-13)38-18-5-4-12(25)6-16(18)26/h4-11H,1-3H3,(H,30,35). The first-order valence-corrected chi connectivity index (χ1v) is 11.6. The summed E-state index contributed by atoms with van der Waals surface area (Å²) in [6, 6.07) is 9.80. The van der Waals surface area contributed by atoms with Crippen molar-refractivity contribution in [3.05, 3.63) is 85.8 Å². The number of benzene rings is 2. The van der Waals surface area contributed by atoms with E-state index in [2.05, 4.69) is 15.4 Å². The second kappa shape index (κ2) is 9.76. The van der Waals surface area contributed by atoms with E-state index in [-0.39, 0.29) is 39.2 Å². The van der Waals surface area contributed by atoms with Crippen molar-refractivity contribution >= 4 is 46.1 Å². The van der Waals surface area contributed by atoms with Gasteiger partial charge in [-0.3, -0.25) is 14.9 Å². The molecule has 2 heterocycles. The Labute approximate surface area is 223 Å². The monoisotopic (exact) mass is 567 g/mol. The Balaban J connectivity index is 1.70. The number of nitrogens with one attached hydrogen (secondary N) is 1. The van der Waals surface area contributed by atoms with Gasteiger partial charge in [0.05, 0.1) is 27.4 Å². The molecule has 0 spiro atoms. The summed E-state index contributed by atoms with van der Waals surface area (Å²) in [7, 11) is 0. The summed E-state index contributed by atoms with van der Waals surface area (Å²) < 4.78 is 47.4. The fraction of sp³-hybridized carbons (Fsp3) is 0.208. The molecule has 2 aromatic carbocycles. The van der Waals surface area contributed by atoms with E-state index in [4.69, 9.17) is 27.9 Å². The number of hydrogen-bond acceptors (Lipinski definition) is 6. The minimum absolute atomic E-state index is 0.0374. The van der Waals surface area contributed by atoms with Gasteiger partial charge in [-0.15, -0.1) is 0 Å². The first-order chi connectivity index (χ1) is 17.6. The maximum atomic E-state index is 13.8. The summed E-state index contributed by atoms with van der Waals surface area (Å²) >= 11 is 12.0. The largest absolute Gasteiger partial charge is 0.455 e. The molecule has 198 valence electrons. The number of carbonyl (C=O) groups is 1. The molecular weight excluding hydrogens is 550 g/mol. The van der Waals surface area contributed by atoms with Crippen molar-refractivity contribution in [2.75, 3.05) is 5.32 Å². The molecule has 0 aliphatic heterocycles. The Morgan fingerprint density at radius 3 is 2.39 bits per heavy atom. The van der Waals surface area contributed by atoms with E-state index in [1.54, 1.807) is 20.8 Å². The van der Waals surface area contributed by atoms with Gasteiger partial charge in [0.25, 0.3) is 11.6 Å².